The van der Waals surface area contributed by atoms with Gasteiger partial charge in [-0.1, -0.05) is 20.3 Å². The molecule has 0 aromatic rings. The molecule has 0 saturated heterocycles. The van der Waals surface area contributed by atoms with Crippen molar-refractivity contribution in [1.29, 1.82) is 0 Å². The van der Waals surface area contributed by atoms with Crippen molar-refractivity contribution in [2.45, 2.75) is 52.0 Å². The first kappa shape index (κ1) is 15.4. The predicted octanol–water partition coefficient (Wildman–Crippen LogP) is 1.39. The van der Waals surface area contributed by atoms with Crippen LogP contribution in [0.1, 0.15) is 46.0 Å². The lowest BCUT2D eigenvalue weighted by Gasteiger charge is -2.37. The summed E-state index contributed by atoms with van der Waals surface area (Å²) >= 11 is 0. The lowest BCUT2D eigenvalue weighted by atomic mass is 9.91. The number of aliphatic hydroxyl groups is 1. The van der Waals surface area contributed by atoms with Crippen LogP contribution in [0.2, 0.25) is 0 Å². The van der Waals surface area contributed by atoms with Crippen LogP contribution in [0.15, 0.2) is 0 Å². The molecule has 0 unspecified atom stereocenters. The first-order chi connectivity index (χ1) is 8.63. The van der Waals surface area contributed by atoms with E-state index >= 15 is 0 Å². The molecule has 0 heterocycles. The third-order valence-electron chi connectivity index (χ3n) is 3.59. The average molecular weight is 256 g/mol. The summed E-state index contributed by atoms with van der Waals surface area (Å²) in [7, 11) is 0. The van der Waals surface area contributed by atoms with E-state index in [4.69, 9.17) is 5.11 Å². The highest BCUT2D eigenvalue weighted by molar-refractivity contribution is 5.78. The molecule has 0 aromatic heterocycles. The molecule has 18 heavy (non-hydrogen) atoms. The van der Waals surface area contributed by atoms with Crippen molar-refractivity contribution in [3.63, 3.8) is 0 Å². The van der Waals surface area contributed by atoms with Gasteiger partial charge in [0.2, 0.25) is 5.91 Å². The Kier molecular flexibility index (Phi) is 7.28. The van der Waals surface area contributed by atoms with Gasteiger partial charge in [0.05, 0.1) is 6.54 Å². The molecule has 0 aromatic carbocycles. The number of rotatable bonds is 9. The molecule has 106 valence electrons. The van der Waals surface area contributed by atoms with Gasteiger partial charge in [0.25, 0.3) is 0 Å². The molecular formula is C14H28N2O2. The minimum atomic E-state index is 0.125. The summed E-state index contributed by atoms with van der Waals surface area (Å²) in [6.45, 7) is 6.62. The van der Waals surface area contributed by atoms with E-state index in [9.17, 15) is 4.79 Å². The fourth-order valence-electron chi connectivity index (χ4n) is 2.16. The molecule has 0 bridgehead atoms. The van der Waals surface area contributed by atoms with Gasteiger partial charge in [-0.2, -0.15) is 0 Å². The normalized spacial score (nSPS) is 16.1. The van der Waals surface area contributed by atoms with Gasteiger partial charge in [-0.05, 0) is 31.6 Å². The zero-order valence-corrected chi connectivity index (χ0v) is 11.8. The molecule has 4 nitrogen and oxygen atoms in total. The van der Waals surface area contributed by atoms with Crippen molar-refractivity contribution in [3.05, 3.63) is 0 Å². The van der Waals surface area contributed by atoms with Crippen LogP contribution in [-0.2, 0) is 4.79 Å². The molecule has 0 radical (unpaired) electrons. The van der Waals surface area contributed by atoms with Crippen molar-refractivity contribution in [3.8, 4) is 0 Å². The Bertz CT molecular complexity index is 240. The van der Waals surface area contributed by atoms with Gasteiger partial charge in [0, 0.05) is 25.7 Å². The lowest BCUT2D eigenvalue weighted by molar-refractivity contribution is -0.123. The van der Waals surface area contributed by atoms with Crippen LogP contribution in [0, 0.1) is 5.92 Å². The Morgan fingerprint density at radius 2 is 2.17 bits per heavy atom. The van der Waals surface area contributed by atoms with E-state index < -0.39 is 0 Å². The highest BCUT2D eigenvalue weighted by Gasteiger charge is 2.25. The summed E-state index contributed by atoms with van der Waals surface area (Å²) in [6, 6.07) is 0.562. The summed E-state index contributed by atoms with van der Waals surface area (Å²) in [5.74, 6) is 0.753. The van der Waals surface area contributed by atoms with E-state index in [1.165, 1.54) is 19.3 Å². The fraction of sp³-hybridized carbons (Fsp3) is 0.929. The SMILES string of the molecule is CC(C)CCNC(=O)CN(CCCO)C1CCC1. The van der Waals surface area contributed by atoms with E-state index in [1.807, 2.05) is 0 Å². The smallest absolute Gasteiger partial charge is 0.234 e. The Morgan fingerprint density at radius 3 is 2.67 bits per heavy atom. The average Bonchev–Trinajstić information content (AvgIpc) is 2.22. The maximum Gasteiger partial charge on any atom is 0.234 e. The van der Waals surface area contributed by atoms with Crippen LogP contribution in [-0.4, -0.2) is 48.2 Å². The monoisotopic (exact) mass is 256 g/mol. The summed E-state index contributed by atoms with van der Waals surface area (Å²) in [5.41, 5.74) is 0. The van der Waals surface area contributed by atoms with Crippen molar-refractivity contribution in [2.24, 2.45) is 5.92 Å². The predicted molar refractivity (Wildman–Crippen MR) is 73.4 cm³/mol. The van der Waals surface area contributed by atoms with Crippen LogP contribution >= 0.6 is 0 Å². The number of aliphatic hydroxyl groups excluding tert-OH is 1. The van der Waals surface area contributed by atoms with Gasteiger partial charge >= 0.3 is 0 Å². The summed E-state index contributed by atoms with van der Waals surface area (Å²) < 4.78 is 0. The van der Waals surface area contributed by atoms with E-state index in [-0.39, 0.29) is 12.5 Å². The number of nitrogens with one attached hydrogen (secondary N) is 1. The second kappa shape index (κ2) is 8.48. The highest BCUT2D eigenvalue weighted by atomic mass is 16.3. The number of nitrogens with zero attached hydrogens (tertiary/aromatic N) is 1. The standard InChI is InChI=1S/C14H28N2O2/c1-12(2)7-8-15-14(18)11-16(9-4-10-17)13-5-3-6-13/h12-13,17H,3-11H2,1-2H3,(H,15,18). The Balaban J connectivity index is 2.23. The third-order valence-corrected chi connectivity index (χ3v) is 3.59. The molecular weight excluding hydrogens is 228 g/mol. The molecule has 1 fully saturated rings. The molecule has 1 aliphatic carbocycles. The van der Waals surface area contributed by atoms with Crippen molar-refractivity contribution in [1.82, 2.24) is 10.2 Å². The second-order valence-corrected chi connectivity index (χ2v) is 5.66. The Hall–Kier alpha value is -0.610. The number of hydrogen-bond acceptors (Lipinski definition) is 3. The molecule has 0 spiro atoms. The van der Waals surface area contributed by atoms with E-state index in [0.717, 1.165) is 25.9 Å². The van der Waals surface area contributed by atoms with E-state index in [1.54, 1.807) is 0 Å². The van der Waals surface area contributed by atoms with Crippen LogP contribution in [0.25, 0.3) is 0 Å². The Labute approximate surface area is 111 Å². The summed E-state index contributed by atoms with van der Waals surface area (Å²) in [4.78, 5) is 14.1. The van der Waals surface area contributed by atoms with Gasteiger partial charge in [-0.15, -0.1) is 0 Å². The van der Waals surface area contributed by atoms with Crippen molar-refractivity contribution >= 4 is 5.91 Å². The van der Waals surface area contributed by atoms with Gasteiger partial charge in [0.1, 0.15) is 0 Å². The van der Waals surface area contributed by atoms with E-state index in [2.05, 4.69) is 24.1 Å². The number of carbonyl (C=O) groups excluding carboxylic acids is 1. The van der Waals surface area contributed by atoms with Crippen LogP contribution in [0.3, 0.4) is 0 Å². The maximum absolute atomic E-state index is 11.8. The highest BCUT2D eigenvalue weighted by Crippen LogP contribution is 2.24. The second-order valence-electron chi connectivity index (χ2n) is 5.66. The zero-order chi connectivity index (χ0) is 13.4. The van der Waals surface area contributed by atoms with Crippen LogP contribution in [0.5, 0.6) is 0 Å². The summed E-state index contributed by atoms with van der Waals surface area (Å²) in [6.07, 6.45) is 5.46. The van der Waals surface area contributed by atoms with Crippen molar-refractivity contribution in [2.75, 3.05) is 26.2 Å². The molecule has 1 rings (SSSR count). The molecule has 1 aliphatic rings. The van der Waals surface area contributed by atoms with Gasteiger partial charge in [-0.25, -0.2) is 0 Å². The Morgan fingerprint density at radius 1 is 1.44 bits per heavy atom. The van der Waals surface area contributed by atoms with Crippen LogP contribution in [0.4, 0.5) is 0 Å². The van der Waals surface area contributed by atoms with Gasteiger partial charge in [-0.3, -0.25) is 9.69 Å². The van der Waals surface area contributed by atoms with Gasteiger partial charge < -0.3 is 10.4 Å². The number of amides is 1. The molecule has 4 heteroatoms. The molecule has 1 amide bonds. The fourth-order valence-corrected chi connectivity index (χ4v) is 2.16. The molecule has 1 saturated carbocycles. The largest absolute Gasteiger partial charge is 0.396 e. The summed E-state index contributed by atoms with van der Waals surface area (Å²) in [5, 5.41) is 11.9. The quantitative estimate of drug-likeness (QED) is 0.655. The first-order valence-corrected chi connectivity index (χ1v) is 7.25. The third kappa shape index (κ3) is 5.83. The zero-order valence-electron chi connectivity index (χ0n) is 11.8. The maximum atomic E-state index is 11.8. The van der Waals surface area contributed by atoms with E-state index in [0.29, 0.717) is 18.5 Å². The lowest BCUT2D eigenvalue weighted by Crippen LogP contribution is -2.46. The van der Waals surface area contributed by atoms with Crippen LogP contribution < -0.4 is 5.32 Å². The molecule has 0 atom stereocenters. The van der Waals surface area contributed by atoms with Gasteiger partial charge in [0.15, 0.2) is 0 Å². The minimum absolute atomic E-state index is 0.125. The minimum Gasteiger partial charge on any atom is -0.396 e. The topological polar surface area (TPSA) is 52.6 Å². The molecule has 0 aliphatic heterocycles. The number of hydrogen-bond donors (Lipinski definition) is 2. The van der Waals surface area contributed by atoms with Crippen molar-refractivity contribution < 1.29 is 9.90 Å². The number of carbonyl (C=O) groups is 1. The molecule has 2 N–H and O–H groups in total. The first-order valence-electron chi connectivity index (χ1n) is 7.25.